The Bertz CT molecular complexity index is 592. The average molecular weight is 285 g/mol. The molecule has 0 spiro atoms. The summed E-state index contributed by atoms with van der Waals surface area (Å²) in [5.74, 6) is 2.75. The van der Waals surface area contributed by atoms with Crippen LogP contribution in [0.5, 0.6) is 11.5 Å². The molecule has 3 rings (SSSR count). The van der Waals surface area contributed by atoms with Gasteiger partial charge in [0.2, 0.25) is 0 Å². The van der Waals surface area contributed by atoms with Crippen molar-refractivity contribution < 1.29 is 9.94 Å². The summed E-state index contributed by atoms with van der Waals surface area (Å²) in [4.78, 5) is 0. The molecule has 1 fully saturated rings. The number of hydrogen-bond donors (Lipinski definition) is 1. The predicted molar refractivity (Wildman–Crippen MR) is 82.1 cm³/mol. The number of benzene rings is 2. The fourth-order valence-corrected chi connectivity index (χ4v) is 2.49. The standard InChI is InChI=1S/C16H15NO2S/c18-17-16(10-15-11-20-15)12-6-8-14(9-7-12)19-13-4-2-1-3-5-13/h1-9,15,18H,10-11H2/b17-16-. The fraction of sp³-hybridized carbons (Fsp3) is 0.188. The van der Waals surface area contributed by atoms with Crippen LogP contribution in [0.1, 0.15) is 12.0 Å². The third-order valence-corrected chi connectivity index (χ3v) is 4.08. The summed E-state index contributed by atoms with van der Waals surface area (Å²) in [6.07, 6.45) is 0.819. The van der Waals surface area contributed by atoms with Gasteiger partial charge in [-0.25, -0.2) is 0 Å². The lowest BCUT2D eigenvalue weighted by atomic mass is 10.1. The Morgan fingerprint density at radius 3 is 2.35 bits per heavy atom. The van der Waals surface area contributed by atoms with Crippen LogP contribution >= 0.6 is 11.8 Å². The summed E-state index contributed by atoms with van der Waals surface area (Å²) in [5.41, 5.74) is 1.69. The second-order valence-corrected chi connectivity index (χ2v) is 5.98. The molecule has 1 saturated heterocycles. The molecule has 1 aliphatic rings. The van der Waals surface area contributed by atoms with Crippen molar-refractivity contribution in [1.29, 1.82) is 0 Å². The van der Waals surface area contributed by atoms with Crippen molar-refractivity contribution in [1.82, 2.24) is 0 Å². The number of para-hydroxylation sites is 1. The lowest BCUT2D eigenvalue weighted by molar-refractivity contribution is 0.318. The van der Waals surface area contributed by atoms with E-state index in [1.54, 1.807) is 0 Å². The van der Waals surface area contributed by atoms with Gasteiger partial charge in [-0.2, -0.15) is 11.8 Å². The Morgan fingerprint density at radius 1 is 1.10 bits per heavy atom. The molecule has 102 valence electrons. The first kappa shape index (κ1) is 13.1. The third-order valence-electron chi connectivity index (χ3n) is 3.11. The van der Waals surface area contributed by atoms with E-state index in [4.69, 9.17) is 9.94 Å². The Morgan fingerprint density at radius 2 is 1.75 bits per heavy atom. The minimum atomic E-state index is 0.612. The van der Waals surface area contributed by atoms with Gasteiger partial charge >= 0.3 is 0 Å². The summed E-state index contributed by atoms with van der Waals surface area (Å²) in [7, 11) is 0. The van der Waals surface area contributed by atoms with Crippen LogP contribution in [-0.2, 0) is 0 Å². The van der Waals surface area contributed by atoms with E-state index in [2.05, 4.69) is 5.16 Å². The van der Waals surface area contributed by atoms with Gasteiger partial charge in [0.05, 0.1) is 5.71 Å². The second-order valence-electron chi connectivity index (χ2n) is 4.65. The number of hydrogen-bond acceptors (Lipinski definition) is 4. The quantitative estimate of drug-likeness (QED) is 0.388. The average Bonchev–Trinajstić information content (AvgIpc) is 3.31. The monoisotopic (exact) mass is 285 g/mol. The summed E-state index contributed by atoms with van der Waals surface area (Å²) in [6.45, 7) is 0. The van der Waals surface area contributed by atoms with Crippen LogP contribution in [0.3, 0.4) is 0 Å². The summed E-state index contributed by atoms with van der Waals surface area (Å²) >= 11 is 1.89. The highest BCUT2D eigenvalue weighted by atomic mass is 32.2. The molecule has 1 N–H and O–H groups in total. The Kier molecular flexibility index (Phi) is 3.92. The number of rotatable bonds is 5. The minimum Gasteiger partial charge on any atom is -0.457 e. The van der Waals surface area contributed by atoms with E-state index in [-0.39, 0.29) is 0 Å². The van der Waals surface area contributed by atoms with Gasteiger partial charge < -0.3 is 9.94 Å². The fourth-order valence-electron chi connectivity index (χ4n) is 1.96. The first-order valence-corrected chi connectivity index (χ1v) is 7.56. The first-order chi connectivity index (χ1) is 9.85. The van der Waals surface area contributed by atoms with E-state index in [1.807, 2.05) is 66.4 Å². The van der Waals surface area contributed by atoms with Crippen LogP contribution in [0.2, 0.25) is 0 Å². The number of oxime groups is 1. The molecule has 20 heavy (non-hydrogen) atoms. The number of nitrogens with zero attached hydrogens (tertiary/aromatic N) is 1. The minimum absolute atomic E-state index is 0.612. The van der Waals surface area contributed by atoms with Gasteiger partial charge in [0.15, 0.2) is 0 Å². The SMILES string of the molecule is O/N=C(/CC1CS1)c1ccc(Oc2ccccc2)cc1. The third kappa shape index (κ3) is 3.33. The van der Waals surface area contributed by atoms with Gasteiger partial charge in [0.25, 0.3) is 0 Å². The normalized spacial score (nSPS) is 17.8. The summed E-state index contributed by atoms with van der Waals surface area (Å²) in [6, 6.07) is 17.3. The van der Waals surface area contributed by atoms with Gasteiger partial charge in [-0.05, 0) is 42.0 Å². The molecular weight excluding hydrogens is 270 g/mol. The highest BCUT2D eigenvalue weighted by Gasteiger charge is 2.25. The Balaban J connectivity index is 1.70. The van der Waals surface area contributed by atoms with E-state index in [0.29, 0.717) is 5.25 Å². The van der Waals surface area contributed by atoms with E-state index >= 15 is 0 Å². The van der Waals surface area contributed by atoms with Crippen molar-refractivity contribution in [2.75, 3.05) is 5.75 Å². The van der Waals surface area contributed by atoms with E-state index in [9.17, 15) is 0 Å². The highest BCUT2D eigenvalue weighted by molar-refractivity contribution is 8.06. The molecule has 1 aliphatic heterocycles. The van der Waals surface area contributed by atoms with E-state index in [0.717, 1.165) is 34.9 Å². The van der Waals surface area contributed by atoms with Gasteiger partial charge in [-0.3, -0.25) is 0 Å². The molecule has 3 nitrogen and oxygen atoms in total. The maximum absolute atomic E-state index is 9.11. The molecule has 2 aromatic carbocycles. The zero-order chi connectivity index (χ0) is 13.8. The molecule has 1 unspecified atom stereocenters. The molecule has 0 saturated carbocycles. The van der Waals surface area contributed by atoms with Crippen LogP contribution in [-0.4, -0.2) is 21.9 Å². The van der Waals surface area contributed by atoms with Crippen molar-refractivity contribution in [3.8, 4) is 11.5 Å². The van der Waals surface area contributed by atoms with Crippen molar-refractivity contribution in [3.63, 3.8) is 0 Å². The maximum Gasteiger partial charge on any atom is 0.127 e. The maximum atomic E-state index is 9.11. The molecule has 0 bridgehead atoms. The van der Waals surface area contributed by atoms with Gasteiger partial charge in [0.1, 0.15) is 11.5 Å². The smallest absolute Gasteiger partial charge is 0.127 e. The van der Waals surface area contributed by atoms with Crippen LogP contribution in [0, 0.1) is 0 Å². The topological polar surface area (TPSA) is 41.8 Å². The first-order valence-electron chi connectivity index (χ1n) is 6.51. The zero-order valence-corrected chi connectivity index (χ0v) is 11.7. The van der Waals surface area contributed by atoms with Crippen molar-refractivity contribution in [2.24, 2.45) is 5.16 Å². The molecule has 0 aliphatic carbocycles. The van der Waals surface area contributed by atoms with Crippen molar-refractivity contribution in [2.45, 2.75) is 11.7 Å². The molecule has 0 aromatic heterocycles. The van der Waals surface area contributed by atoms with Gasteiger partial charge in [0, 0.05) is 17.4 Å². The summed E-state index contributed by atoms with van der Waals surface area (Å²) in [5, 5.41) is 13.1. The van der Waals surface area contributed by atoms with E-state index in [1.165, 1.54) is 0 Å². The Labute approximate surface area is 122 Å². The molecule has 0 radical (unpaired) electrons. The largest absolute Gasteiger partial charge is 0.457 e. The van der Waals surface area contributed by atoms with Crippen LogP contribution < -0.4 is 4.74 Å². The molecule has 0 amide bonds. The lowest BCUT2D eigenvalue weighted by Crippen LogP contribution is -2.04. The van der Waals surface area contributed by atoms with Gasteiger partial charge in [-0.15, -0.1) is 0 Å². The molecule has 2 aromatic rings. The molecule has 4 heteroatoms. The van der Waals surface area contributed by atoms with Crippen molar-refractivity contribution in [3.05, 3.63) is 60.2 Å². The van der Waals surface area contributed by atoms with Crippen LogP contribution in [0.15, 0.2) is 59.8 Å². The zero-order valence-electron chi connectivity index (χ0n) is 10.9. The highest BCUT2D eigenvalue weighted by Crippen LogP contribution is 2.34. The van der Waals surface area contributed by atoms with Crippen LogP contribution in [0.25, 0.3) is 0 Å². The number of ether oxygens (including phenoxy) is 1. The predicted octanol–water partition coefficient (Wildman–Crippen LogP) is 4.16. The van der Waals surface area contributed by atoms with Crippen molar-refractivity contribution >= 4 is 17.5 Å². The van der Waals surface area contributed by atoms with Gasteiger partial charge in [-0.1, -0.05) is 23.4 Å². The molecule has 1 atom stereocenters. The van der Waals surface area contributed by atoms with E-state index < -0.39 is 0 Å². The number of thioether (sulfide) groups is 1. The second kappa shape index (κ2) is 6.01. The Hall–Kier alpha value is -1.94. The lowest BCUT2D eigenvalue weighted by Gasteiger charge is -2.07. The summed E-state index contributed by atoms with van der Waals surface area (Å²) < 4.78 is 5.73. The van der Waals surface area contributed by atoms with Crippen LogP contribution in [0.4, 0.5) is 0 Å². The molecular formula is C16H15NO2S. The molecule has 1 heterocycles.